The summed E-state index contributed by atoms with van der Waals surface area (Å²) >= 11 is 0. The molecule has 196 valence electrons. The number of carbonyl (C=O) groups excluding carboxylic acids is 2. The summed E-state index contributed by atoms with van der Waals surface area (Å²) in [6.45, 7) is 8.96. The van der Waals surface area contributed by atoms with Gasteiger partial charge in [-0.15, -0.1) is 0 Å². The summed E-state index contributed by atoms with van der Waals surface area (Å²) in [5.74, 6) is 0.923. The Morgan fingerprint density at radius 3 is 2.58 bits per heavy atom. The highest BCUT2D eigenvalue weighted by atomic mass is 16.5. The Balaban J connectivity index is 1.31. The van der Waals surface area contributed by atoms with Crippen molar-refractivity contribution in [1.82, 2.24) is 0 Å². The van der Waals surface area contributed by atoms with E-state index in [0.717, 1.165) is 25.0 Å². The van der Waals surface area contributed by atoms with Crippen molar-refractivity contribution in [1.29, 1.82) is 0 Å². The number of aliphatic hydroxyl groups is 1. The molecular formula is C30H40O6. The molecule has 6 nitrogen and oxygen atoms in total. The minimum atomic E-state index is -1.25. The SMILES string of the molecule is CO[C@H](CC1C(C)=CC[C@@](O)(COC(=O)c2ccccc2)C1(C)C)C(=O)C12CC3CO[C@@H]3CC1[C@@H]2C. The molecule has 1 heterocycles. The van der Waals surface area contributed by atoms with Crippen molar-refractivity contribution in [3.8, 4) is 0 Å². The van der Waals surface area contributed by atoms with Crippen LogP contribution in [0.15, 0.2) is 42.0 Å². The van der Waals surface area contributed by atoms with Gasteiger partial charge in [0.1, 0.15) is 18.3 Å². The molecule has 0 spiro atoms. The quantitative estimate of drug-likeness (QED) is 0.418. The van der Waals surface area contributed by atoms with E-state index in [0.29, 0.717) is 42.3 Å². The first kappa shape index (κ1) is 25.6. The van der Waals surface area contributed by atoms with Gasteiger partial charge in [-0.25, -0.2) is 4.79 Å². The number of rotatable bonds is 8. The van der Waals surface area contributed by atoms with Crippen LogP contribution >= 0.6 is 0 Å². The highest BCUT2D eigenvalue weighted by molar-refractivity contribution is 5.93. The third-order valence-corrected chi connectivity index (χ3v) is 10.4. The zero-order valence-corrected chi connectivity index (χ0v) is 22.2. The van der Waals surface area contributed by atoms with Gasteiger partial charge in [0.2, 0.25) is 0 Å². The highest BCUT2D eigenvalue weighted by Gasteiger charge is 2.71. The number of carbonyl (C=O) groups is 2. The van der Waals surface area contributed by atoms with E-state index in [1.54, 1.807) is 31.4 Å². The van der Waals surface area contributed by atoms with Gasteiger partial charge in [-0.05, 0) is 62.5 Å². The van der Waals surface area contributed by atoms with Crippen LogP contribution in [0.1, 0.15) is 63.7 Å². The first-order valence-electron chi connectivity index (χ1n) is 13.3. The third-order valence-electron chi connectivity index (χ3n) is 10.4. The topological polar surface area (TPSA) is 82.1 Å². The van der Waals surface area contributed by atoms with Crippen LogP contribution in [0.5, 0.6) is 0 Å². The van der Waals surface area contributed by atoms with Crippen LogP contribution in [-0.2, 0) is 19.0 Å². The Morgan fingerprint density at radius 2 is 1.94 bits per heavy atom. The average Bonchev–Trinajstić information content (AvgIpc) is 3.45. The third kappa shape index (κ3) is 3.88. The zero-order valence-electron chi connectivity index (χ0n) is 22.2. The molecule has 4 aliphatic rings. The monoisotopic (exact) mass is 496 g/mol. The summed E-state index contributed by atoms with van der Waals surface area (Å²) in [7, 11) is 1.63. The van der Waals surface area contributed by atoms with Crippen molar-refractivity contribution in [2.45, 2.75) is 71.2 Å². The Morgan fingerprint density at radius 1 is 1.22 bits per heavy atom. The molecule has 1 saturated heterocycles. The molecule has 0 amide bonds. The van der Waals surface area contributed by atoms with Gasteiger partial charge in [0, 0.05) is 23.9 Å². The van der Waals surface area contributed by atoms with Gasteiger partial charge in [0.05, 0.1) is 18.3 Å². The second-order valence-electron chi connectivity index (χ2n) is 12.2. The van der Waals surface area contributed by atoms with E-state index in [4.69, 9.17) is 14.2 Å². The van der Waals surface area contributed by atoms with Crippen molar-refractivity contribution in [2.75, 3.05) is 20.3 Å². The fraction of sp³-hybridized carbons (Fsp3) is 0.667. The number of methoxy groups -OCH3 is 1. The summed E-state index contributed by atoms with van der Waals surface area (Å²) in [5.41, 5.74) is -0.572. The normalized spacial score (nSPS) is 39.1. The van der Waals surface area contributed by atoms with E-state index in [-0.39, 0.29) is 23.7 Å². The molecule has 0 radical (unpaired) electrons. The second-order valence-corrected chi connectivity index (χ2v) is 12.2. The number of Topliss-reactive ketones (excluding diaryl/α,β-unsaturated/α-hetero) is 1. The van der Waals surface area contributed by atoms with Crippen molar-refractivity contribution < 1.29 is 28.9 Å². The lowest BCUT2D eigenvalue weighted by Crippen LogP contribution is -2.56. The van der Waals surface area contributed by atoms with Crippen molar-refractivity contribution in [3.63, 3.8) is 0 Å². The summed E-state index contributed by atoms with van der Waals surface area (Å²) in [5, 5.41) is 11.8. The Kier molecular flexibility index (Phi) is 6.46. The lowest BCUT2D eigenvalue weighted by Gasteiger charge is -2.51. The van der Waals surface area contributed by atoms with E-state index in [1.165, 1.54) is 0 Å². The van der Waals surface area contributed by atoms with Crippen molar-refractivity contribution in [3.05, 3.63) is 47.5 Å². The van der Waals surface area contributed by atoms with Crippen molar-refractivity contribution in [2.24, 2.45) is 34.5 Å². The van der Waals surface area contributed by atoms with Gasteiger partial charge < -0.3 is 19.3 Å². The number of ketones is 1. The standard InChI is InChI=1S/C30H40O6/c1-18-11-12-29(33,17-36-27(32)20-9-7-6-8-10-20)28(3,4)22(18)13-25(34-5)26(31)30-15-21-16-35-24(21)14-23(30)19(30)2/h6-11,19,21-25,33H,12-17H2,1-5H3/t19-,21?,22?,23?,24+,25+,29+,30?/m0/s1. The van der Waals surface area contributed by atoms with Crippen LogP contribution in [0.3, 0.4) is 0 Å². The van der Waals surface area contributed by atoms with E-state index in [9.17, 15) is 14.7 Å². The lowest BCUT2D eigenvalue weighted by molar-refractivity contribution is -0.161. The molecule has 8 atom stereocenters. The molecule has 0 aromatic heterocycles. The first-order valence-corrected chi connectivity index (χ1v) is 13.3. The fourth-order valence-corrected chi connectivity index (χ4v) is 7.51. The molecule has 36 heavy (non-hydrogen) atoms. The average molecular weight is 497 g/mol. The molecule has 0 bridgehead atoms. The minimum absolute atomic E-state index is 0.0899. The van der Waals surface area contributed by atoms with Gasteiger partial charge in [-0.2, -0.15) is 0 Å². The summed E-state index contributed by atoms with van der Waals surface area (Å²) < 4.78 is 17.2. The lowest BCUT2D eigenvalue weighted by atomic mass is 9.58. The Hall–Kier alpha value is -2.02. The van der Waals surface area contributed by atoms with Crippen LogP contribution < -0.4 is 0 Å². The van der Waals surface area contributed by atoms with E-state index >= 15 is 0 Å². The maximum absolute atomic E-state index is 14.0. The number of esters is 1. The Labute approximate surface area is 214 Å². The number of hydrogen-bond donors (Lipinski definition) is 1. The molecule has 2 saturated carbocycles. The van der Waals surface area contributed by atoms with E-state index in [2.05, 4.69) is 13.8 Å². The molecule has 3 fully saturated rings. The number of fused-ring (bicyclic) bond motifs is 2. The Bertz CT molecular complexity index is 1050. The van der Waals surface area contributed by atoms with E-state index < -0.39 is 23.1 Å². The zero-order chi connectivity index (χ0) is 25.9. The maximum Gasteiger partial charge on any atom is 0.338 e. The largest absolute Gasteiger partial charge is 0.459 e. The number of hydrogen-bond acceptors (Lipinski definition) is 6. The smallest absolute Gasteiger partial charge is 0.338 e. The van der Waals surface area contributed by atoms with Crippen LogP contribution in [0.25, 0.3) is 0 Å². The van der Waals surface area contributed by atoms with Crippen molar-refractivity contribution >= 4 is 11.8 Å². The molecule has 6 heteroatoms. The van der Waals surface area contributed by atoms with Crippen LogP contribution in [0.4, 0.5) is 0 Å². The fourth-order valence-electron chi connectivity index (χ4n) is 7.51. The number of benzene rings is 1. The molecule has 1 aromatic rings. The van der Waals surface area contributed by atoms with Crippen LogP contribution in [0.2, 0.25) is 0 Å². The van der Waals surface area contributed by atoms with Gasteiger partial charge in [0.15, 0.2) is 5.78 Å². The minimum Gasteiger partial charge on any atom is -0.459 e. The number of allylic oxidation sites excluding steroid dienone is 1. The molecule has 1 N–H and O–H groups in total. The predicted molar refractivity (Wildman–Crippen MR) is 135 cm³/mol. The summed E-state index contributed by atoms with van der Waals surface area (Å²) in [6, 6.07) is 8.82. The van der Waals surface area contributed by atoms with Crippen LogP contribution in [-0.4, -0.2) is 55.0 Å². The predicted octanol–water partition coefficient (Wildman–Crippen LogP) is 4.60. The highest BCUT2D eigenvalue weighted by Crippen LogP contribution is 2.70. The molecule has 4 unspecified atom stereocenters. The molecule has 1 aromatic carbocycles. The van der Waals surface area contributed by atoms with Crippen LogP contribution in [0, 0.1) is 34.5 Å². The van der Waals surface area contributed by atoms with Gasteiger partial charge in [0.25, 0.3) is 0 Å². The summed E-state index contributed by atoms with van der Waals surface area (Å²) in [6.07, 6.45) is 4.61. The second kappa shape index (κ2) is 9.07. The van der Waals surface area contributed by atoms with E-state index in [1.807, 2.05) is 26.0 Å². The van der Waals surface area contributed by atoms with Gasteiger partial charge >= 0.3 is 5.97 Å². The van der Waals surface area contributed by atoms with Gasteiger partial charge in [-0.3, -0.25) is 4.79 Å². The molecule has 1 aliphatic heterocycles. The summed E-state index contributed by atoms with van der Waals surface area (Å²) in [4.78, 5) is 26.6. The molecule has 5 rings (SSSR count). The van der Waals surface area contributed by atoms with Gasteiger partial charge in [-0.1, -0.05) is 50.6 Å². The molecule has 3 aliphatic carbocycles. The molecular weight excluding hydrogens is 456 g/mol. The first-order chi connectivity index (χ1) is 17.0. The maximum atomic E-state index is 14.0. The number of ether oxygens (including phenoxy) is 3.